The summed E-state index contributed by atoms with van der Waals surface area (Å²) in [7, 11) is -4.60. The highest BCUT2D eigenvalue weighted by Gasteiger charge is 2.72. The summed E-state index contributed by atoms with van der Waals surface area (Å²) in [5.41, 5.74) is -0.818. The van der Waals surface area contributed by atoms with E-state index in [1.54, 1.807) is 32.0 Å². The molecule has 3 aliphatic heterocycles. The Balaban J connectivity index is 1.64. The van der Waals surface area contributed by atoms with Crippen molar-refractivity contribution >= 4 is 60.0 Å². The van der Waals surface area contributed by atoms with E-state index in [2.05, 4.69) is 37.8 Å². The number of carbonyl (C=O) groups excluding carboxylic acids is 3. The summed E-state index contributed by atoms with van der Waals surface area (Å²) in [6.45, 7) is 3.66. The maximum Gasteiger partial charge on any atom is 0.419 e. The van der Waals surface area contributed by atoms with Gasteiger partial charge in [0.2, 0.25) is 0 Å². The summed E-state index contributed by atoms with van der Waals surface area (Å²) in [6, 6.07) is 6.33. The van der Waals surface area contributed by atoms with E-state index in [0.717, 1.165) is 16.9 Å². The summed E-state index contributed by atoms with van der Waals surface area (Å²) in [5.74, 6) is 2.07. The van der Waals surface area contributed by atoms with Gasteiger partial charge in [-0.05, 0) is 76.7 Å². The van der Waals surface area contributed by atoms with Crippen LogP contribution >= 0.6 is 31.9 Å². The summed E-state index contributed by atoms with van der Waals surface area (Å²) < 4.78 is 46.3. The zero-order valence-electron chi connectivity index (χ0n) is 22.8. The Morgan fingerprint density at radius 3 is 2.57 bits per heavy atom. The van der Waals surface area contributed by atoms with Gasteiger partial charge in [0.15, 0.2) is 11.8 Å². The molecule has 4 heterocycles. The van der Waals surface area contributed by atoms with Crippen LogP contribution in [0, 0.1) is 19.3 Å². The number of benzene rings is 1. The van der Waals surface area contributed by atoms with Crippen LogP contribution in [0.4, 0.5) is 9.59 Å². The number of urea groups is 1. The first-order chi connectivity index (χ1) is 20.0. The average Bonchev–Trinajstić information content (AvgIpc) is 3.55. The second-order valence-corrected chi connectivity index (χ2v) is 13.2. The monoisotopic (exact) mass is 726 g/mol. The number of ether oxygens (including phenoxy) is 2. The summed E-state index contributed by atoms with van der Waals surface area (Å²) >= 11 is 6.88. The molecule has 3 atom stereocenters. The molecule has 0 radical (unpaired) electrons. The zero-order chi connectivity index (χ0) is 30.4. The number of carbonyl (C=O) groups is 3. The van der Waals surface area contributed by atoms with Crippen LogP contribution in [-0.2, 0) is 23.9 Å². The minimum Gasteiger partial charge on any atom is -0.449 e. The van der Waals surface area contributed by atoms with Gasteiger partial charge in [-0.1, -0.05) is 17.7 Å². The third-order valence-electron chi connectivity index (χ3n) is 7.43. The predicted octanol–water partition coefficient (Wildman–Crippen LogP) is 4.78. The Morgan fingerprint density at radius 2 is 1.90 bits per heavy atom. The maximum absolute atomic E-state index is 14.1. The SMILES string of the molecule is C#CCCCCO[C@@H]1CN2C(=O)c3cc(Br)c(Br)n3[C@@H]3N(C(=O)OCC)C(=O)N(OS(=O)(=O)c4ccc(C)cc4)[C@@]32C1. The molecule has 5 rings (SSSR count). The van der Waals surface area contributed by atoms with Crippen LogP contribution in [0.25, 0.3) is 0 Å². The van der Waals surface area contributed by atoms with Crippen molar-refractivity contribution in [1.29, 1.82) is 0 Å². The number of halogens is 2. The molecule has 42 heavy (non-hydrogen) atoms. The fourth-order valence-electron chi connectivity index (χ4n) is 5.59. The van der Waals surface area contributed by atoms with Crippen molar-refractivity contribution in [3.63, 3.8) is 0 Å². The molecule has 2 aromatic rings. The molecule has 4 amide bonds. The van der Waals surface area contributed by atoms with Crippen molar-refractivity contribution in [2.75, 3.05) is 19.8 Å². The van der Waals surface area contributed by atoms with Gasteiger partial charge in [0.25, 0.3) is 5.91 Å². The number of aryl methyl sites for hydroxylation is 1. The van der Waals surface area contributed by atoms with Crippen LogP contribution in [0.1, 0.15) is 54.8 Å². The molecule has 3 aliphatic rings. The fraction of sp³-hybridized carbons (Fsp3) is 0.444. The number of unbranched alkanes of at least 4 members (excludes halogenated alkanes) is 2. The van der Waals surface area contributed by atoms with Gasteiger partial charge >= 0.3 is 22.2 Å². The van der Waals surface area contributed by atoms with Crippen LogP contribution in [0.5, 0.6) is 0 Å². The lowest BCUT2D eigenvalue weighted by Crippen LogP contribution is -2.63. The van der Waals surface area contributed by atoms with Crippen LogP contribution in [0.2, 0.25) is 0 Å². The highest BCUT2D eigenvalue weighted by atomic mass is 79.9. The van der Waals surface area contributed by atoms with Crippen LogP contribution < -0.4 is 0 Å². The van der Waals surface area contributed by atoms with Crippen molar-refractivity contribution in [2.45, 2.75) is 62.4 Å². The Kier molecular flexibility index (Phi) is 8.47. The molecule has 12 nitrogen and oxygen atoms in total. The number of hydroxylamine groups is 2. The van der Waals surface area contributed by atoms with E-state index in [1.807, 2.05) is 0 Å². The quantitative estimate of drug-likeness (QED) is 0.267. The van der Waals surface area contributed by atoms with Crippen LogP contribution in [0.3, 0.4) is 0 Å². The lowest BCUT2D eigenvalue weighted by atomic mass is 9.99. The van der Waals surface area contributed by atoms with Gasteiger partial charge in [-0.2, -0.15) is 13.5 Å². The first kappa shape index (κ1) is 30.6. The van der Waals surface area contributed by atoms with Crippen molar-refractivity contribution in [2.24, 2.45) is 0 Å². The number of amides is 4. The first-order valence-corrected chi connectivity index (χ1v) is 16.2. The fourth-order valence-corrected chi connectivity index (χ4v) is 7.44. The van der Waals surface area contributed by atoms with Gasteiger partial charge < -0.3 is 18.9 Å². The smallest absolute Gasteiger partial charge is 0.419 e. The molecule has 1 spiro atoms. The molecule has 0 N–H and O–H groups in total. The Labute approximate surface area is 260 Å². The van der Waals surface area contributed by atoms with E-state index in [-0.39, 0.29) is 30.2 Å². The number of nitrogens with zero attached hydrogens (tertiary/aromatic N) is 4. The molecule has 224 valence electrons. The number of hydrogen-bond acceptors (Lipinski definition) is 8. The molecule has 1 aromatic heterocycles. The molecule has 0 aliphatic carbocycles. The van der Waals surface area contributed by atoms with Gasteiger partial charge in [0, 0.05) is 26.0 Å². The summed E-state index contributed by atoms with van der Waals surface area (Å²) in [6.07, 6.45) is 4.38. The second-order valence-electron chi connectivity index (χ2n) is 10.1. The number of fused-ring (bicyclic) bond motifs is 2. The lowest BCUT2D eigenvalue weighted by Gasteiger charge is -2.46. The number of aromatic nitrogens is 1. The Hall–Kier alpha value is -2.90. The minimum absolute atomic E-state index is 0.0132. The van der Waals surface area contributed by atoms with Crippen LogP contribution in [-0.4, -0.2) is 77.4 Å². The second kappa shape index (κ2) is 11.6. The molecule has 2 saturated heterocycles. The number of hydrogen-bond donors (Lipinski definition) is 0. The topological polar surface area (TPSA) is 128 Å². The van der Waals surface area contributed by atoms with Gasteiger partial charge in [-0.3, -0.25) is 4.79 Å². The number of terminal acetylenes is 1. The zero-order valence-corrected chi connectivity index (χ0v) is 26.8. The van der Waals surface area contributed by atoms with E-state index >= 15 is 0 Å². The molecule has 0 bridgehead atoms. The molecular formula is C27H28Br2N4O8S. The van der Waals surface area contributed by atoms with E-state index in [1.165, 1.54) is 21.6 Å². The van der Waals surface area contributed by atoms with Gasteiger partial charge in [-0.25, -0.2) is 14.5 Å². The highest BCUT2D eigenvalue weighted by Crippen LogP contribution is 2.55. The molecule has 2 fully saturated rings. The van der Waals surface area contributed by atoms with E-state index < -0.39 is 46.1 Å². The standard InChI is InChI=1S/C27H28Br2N4O8S/c1-4-6-7-8-13-40-18-15-27-24(31-21(14-20(28)22(31)29)23(34)30(27)16-18)32(26(36)39-5-2)25(35)33(27)41-42(37,38)19-11-9-17(3)10-12-19/h1,9-12,14,18,24H,5-8,13,15-16H2,2-3H3/t18-,24+,27-/m0/s1. The van der Waals surface area contributed by atoms with Crippen molar-refractivity contribution < 1.29 is 36.6 Å². The van der Waals surface area contributed by atoms with Gasteiger partial charge in [0.05, 0.1) is 22.1 Å². The molecule has 15 heteroatoms. The molecular weight excluding hydrogens is 700 g/mol. The van der Waals surface area contributed by atoms with E-state index in [9.17, 15) is 22.8 Å². The number of imide groups is 1. The van der Waals surface area contributed by atoms with E-state index in [4.69, 9.17) is 20.2 Å². The van der Waals surface area contributed by atoms with Gasteiger partial charge in [-0.15, -0.1) is 16.6 Å². The average molecular weight is 728 g/mol. The largest absolute Gasteiger partial charge is 0.449 e. The number of rotatable bonds is 9. The molecule has 0 unspecified atom stereocenters. The van der Waals surface area contributed by atoms with Crippen LogP contribution in [0.15, 0.2) is 44.3 Å². The van der Waals surface area contributed by atoms with Gasteiger partial charge in [0.1, 0.15) is 10.3 Å². The Bertz CT molecular complexity index is 1570. The van der Waals surface area contributed by atoms with E-state index in [0.29, 0.717) is 33.6 Å². The highest BCUT2D eigenvalue weighted by molar-refractivity contribution is 9.13. The summed E-state index contributed by atoms with van der Waals surface area (Å²) in [4.78, 5) is 43.3. The molecule has 1 aromatic carbocycles. The maximum atomic E-state index is 14.1. The van der Waals surface area contributed by atoms with Crippen molar-refractivity contribution in [3.8, 4) is 12.3 Å². The first-order valence-electron chi connectivity index (χ1n) is 13.2. The minimum atomic E-state index is -4.60. The lowest BCUT2D eigenvalue weighted by molar-refractivity contribution is -0.145. The Morgan fingerprint density at radius 1 is 1.19 bits per heavy atom. The normalized spacial score (nSPS) is 23.1. The van der Waals surface area contributed by atoms with Crippen molar-refractivity contribution in [3.05, 3.63) is 50.7 Å². The predicted molar refractivity (Wildman–Crippen MR) is 155 cm³/mol. The third-order valence-corrected chi connectivity index (χ3v) is 10.6. The third kappa shape index (κ3) is 4.92. The van der Waals surface area contributed by atoms with Crippen molar-refractivity contribution in [1.82, 2.24) is 19.4 Å². The molecule has 0 saturated carbocycles. The summed E-state index contributed by atoms with van der Waals surface area (Å²) in [5, 5.41) is 0.618.